The molecule has 0 aliphatic carbocycles. The van der Waals surface area contributed by atoms with Crippen LogP contribution in [0.25, 0.3) is 0 Å². The molecule has 0 heterocycles. The van der Waals surface area contributed by atoms with E-state index in [4.69, 9.17) is 0 Å². The smallest absolute Gasteiger partial charge is 0.345 e. The van der Waals surface area contributed by atoms with E-state index < -0.39 is 78.5 Å². The van der Waals surface area contributed by atoms with Gasteiger partial charge in [0.25, 0.3) is 5.91 Å². The van der Waals surface area contributed by atoms with Crippen molar-refractivity contribution in [3.8, 4) is 0 Å². The van der Waals surface area contributed by atoms with E-state index in [9.17, 15) is 97.0 Å². The Balaban J connectivity index is 6.87. The third-order valence-corrected chi connectivity index (χ3v) is 4.86. The molecule has 0 atom stereocenters. The highest BCUT2D eigenvalue weighted by atomic mass is 19.4. The number of nitrogens with zero attached hydrogens (tertiary/aromatic N) is 1. The molecule has 0 aliphatic heterocycles. The second kappa shape index (κ2) is 9.76. The number of alkyl halides is 21. The van der Waals surface area contributed by atoms with Crippen molar-refractivity contribution in [1.82, 2.24) is 5.32 Å². The quantitative estimate of drug-likeness (QED) is 0.202. The minimum atomic E-state index is -9.25. The molecule has 240 valence electrons. The molecule has 0 aromatic heterocycles. The van der Waals surface area contributed by atoms with Gasteiger partial charge in [0.05, 0.1) is 34.2 Å². The number of hydrogen-bond acceptors (Lipinski definition) is 1. The normalized spacial score (nSPS) is 16.3. The summed E-state index contributed by atoms with van der Waals surface area (Å²) in [4.78, 5) is 11.2. The number of likely N-dealkylation sites (N-methyl/N-ethyl adjacent to an activating group) is 1. The fraction of sp³-hybridized carbons (Fsp3) is 0.938. The van der Waals surface area contributed by atoms with E-state index >= 15 is 0 Å². The number of halogens is 21. The van der Waals surface area contributed by atoms with Gasteiger partial charge in [0.1, 0.15) is 0 Å². The summed E-state index contributed by atoms with van der Waals surface area (Å²) in [6.07, 6.45) is -8.04. The lowest BCUT2D eigenvalue weighted by molar-refractivity contribution is -0.869. The van der Waals surface area contributed by atoms with Crippen molar-refractivity contribution in [2.75, 3.05) is 34.2 Å². The van der Waals surface area contributed by atoms with Crippen LogP contribution in [0.5, 0.6) is 0 Å². The average Bonchev–Trinajstić information content (AvgIpc) is 2.70. The molecular formula is C16H14F21N2O+. The van der Waals surface area contributed by atoms with Crippen molar-refractivity contribution in [1.29, 1.82) is 0 Å². The van der Waals surface area contributed by atoms with E-state index in [0.29, 0.717) is 0 Å². The second-order valence-corrected chi connectivity index (χ2v) is 8.94. The summed E-state index contributed by atoms with van der Waals surface area (Å²) < 4.78 is 278. The van der Waals surface area contributed by atoms with Crippen LogP contribution in [0.2, 0.25) is 0 Å². The summed E-state index contributed by atoms with van der Waals surface area (Å²) >= 11 is 0. The maximum atomic E-state index is 13.8. The second-order valence-electron chi connectivity index (χ2n) is 8.94. The summed E-state index contributed by atoms with van der Waals surface area (Å²) in [5.74, 6) is -82.2. The topological polar surface area (TPSA) is 29.1 Å². The van der Waals surface area contributed by atoms with Crippen LogP contribution in [0.3, 0.4) is 0 Å². The standard InChI is InChI=1S/C16H13F21N2O/c1-39(2,3)5-4-38-6(40)7(17,18)8(19,20)9(21,22)10(23,24)11(25,26)12(27,28)13(29,30)14(31,32)15(33,34)16(35,36)37/h4-5H2,1-3H3/p+1. The predicted octanol–water partition coefficient (Wildman–Crippen LogP) is 6.09. The lowest BCUT2D eigenvalue weighted by Crippen LogP contribution is -2.77. The highest BCUT2D eigenvalue weighted by Gasteiger charge is 2.98. The molecule has 0 rings (SSSR count). The lowest BCUT2D eigenvalue weighted by atomic mass is 9.86. The summed E-state index contributed by atoms with van der Waals surface area (Å²) in [7, 11) is 3.71. The Kier molecular flexibility index (Phi) is 9.27. The number of hydrogen-bond donors (Lipinski definition) is 1. The maximum absolute atomic E-state index is 13.8. The molecule has 3 nitrogen and oxygen atoms in total. The van der Waals surface area contributed by atoms with E-state index in [1.807, 2.05) is 0 Å². The molecule has 1 N–H and O–H groups in total. The largest absolute Gasteiger partial charge is 0.460 e. The summed E-state index contributed by atoms with van der Waals surface area (Å²) in [5, 5.41) is 0.746. The molecule has 40 heavy (non-hydrogen) atoms. The van der Waals surface area contributed by atoms with Crippen molar-refractivity contribution in [3.63, 3.8) is 0 Å². The molecule has 0 aromatic rings. The first-order valence-electron chi connectivity index (χ1n) is 9.43. The van der Waals surface area contributed by atoms with Gasteiger partial charge in [-0.1, -0.05) is 0 Å². The molecule has 0 saturated heterocycles. The van der Waals surface area contributed by atoms with Gasteiger partial charge in [-0.05, 0) is 0 Å². The van der Waals surface area contributed by atoms with Crippen molar-refractivity contribution in [3.05, 3.63) is 0 Å². The van der Waals surface area contributed by atoms with Crippen LogP contribution in [0.1, 0.15) is 0 Å². The van der Waals surface area contributed by atoms with E-state index in [1.54, 1.807) is 0 Å². The third-order valence-electron chi connectivity index (χ3n) is 4.86. The zero-order valence-electron chi connectivity index (χ0n) is 19.2. The van der Waals surface area contributed by atoms with Gasteiger partial charge in [0.2, 0.25) is 0 Å². The SMILES string of the molecule is C[N+](C)(C)CCNC(=O)C(F)(F)C(F)(F)C(F)(F)C(F)(F)C(F)(F)C(F)(F)C(F)(F)C(F)(F)C(F)(F)C(F)(F)F. The van der Waals surface area contributed by atoms with Crippen LogP contribution in [0.15, 0.2) is 0 Å². The number of carbonyl (C=O) groups is 1. The lowest BCUT2D eigenvalue weighted by Gasteiger charge is -2.44. The first-order valence-corrected chi connectivity index (χ1v) is 9.43. The van der Waals surface area contributed by atoms with Crippen molar-refractivity contribution >= 4 is 5.91 Å². The molecule has 0 aromatic carbocycles. The Morgan fingerprint density at radius 2 is 0.725 bits per heavy atom. The van der Waals surface area contributed by atoms with Gasteiger partial charge in [-0.2, -0.15) is 92.2 Å². The summed E-state index contributed by atoms with van der Waals surface area (Å²) in [5.41, 5.74) is 0. The van der Waals surface area contributed by atoms with Crippen molar-refractivity contribution in [2.45, 2.75) is 59.5 Å². The Labute approximate surface area is 207 Å². The summed E-state index contributed by atoms with van der Waals surface area (Å²) in [6.45, 7) is -1.69. The van der Waals surface area contributed by atoms with Crippen LogP contribution >= 0.6 is 0 Å². The molecule has 0 fully saturated rings. The molecule has 0 aliphatic rings. The van der Waals surface area contributed by atoms with Gasteiger partial charge >= 0.3 is 59.5 Å². The minimum absolute atomic E-state index is 0.302. The third kappa shape index (κ3) is 5.20. The molecule has 0 saturated carbocycles. The van der Waals surface area contributed by atoms with Crippen molar-refractivity contribution < 1.29 is 101 Å². The number of rotatable bonds is 12. The Hall–Kier alpha value is -2.04. The van der Waals surface area contributed by atoms with Gasteiger partial charge in [-0.25, -0.2) is 0 Å². The Bertz CT molecular complexity index is 930. The van der Waals surface area contributed by atoms with E-state index in [-0.39, 0.29) is 4.48 Å². The zero-order chi connectivity index (χ0) is 33.2. The molecule has 0 radical (unpaired) electrons. The molecule has 1 amide bonds. The Morgan fingerprint density at radius 3 is 0.975 bits per heavy atom. The monoisotopic (exact) mass is 649 g/mol. The van der Waals surface area contributed by atoms with Crippen LogP contribution in [-0.4, -0.2) is 104 Å². The van der Waals surface area contributed by atoms with E-state index in [2.05, 4.69) is 0 Å². The van der Waals surface area contributed by atoms with Crippen molar-refractivity contribution in [2.24, 2.45) is 0 Å². The first kappa shape index (κ1) is 38.0. The van der Waals surface area contributed by atoms with Gasteiger partial charge in [-0.3, -0.25) is 4.79 Å². The Morgan fingerprint density at radius 1 is 0.475 bits per heavy atom. The number of carbonyl (C=O) groups excluding carboxylic acids is 1. The molecular weight excluding hydrogens is 635 g/mol. The van der Waals surface area contributed by atoms with Crippen LogP contribution in [-0.2, 0) is 4.79 Å². The van der Waals surface area contributed by atoms with E-state index in [1.165, 1.54) is 21.1 Å². The summed E-state index contributed by atoms with van der Waals surface area (Å²) in [6, 6.07) is 0. The van der Waals surface area contributed by atoms with Crippen LogP contribution in [0.4, 0.5) is 92.2 Å². The first-order chi connectivity index (χ1) is 16.9. The van der Waals surface area contributed by atoms with Crippen LogP contribution < -0.4 is 5.32 Å². The minimum Gasteiger partial charge on any atom is -0.345 e. The molecule has 24 heteroatoms. The van der Waals surface area contributed by atoms with Gasteiger partial charge in [-0.15, -0.1) is 0 Å². The number of amides is 1. The number of nitrogens with one attached hydrogen (secondary N) is 1. The molecule has 0 bridgehead atoms. The van der Waals surface area contributed by atoms with Gasteiger partial charge < -0.3 is 9.80 Å². The fourth-order valence-corrected chi connectivity index (χ4v) is 2.32. The highest BCUT2D eigenvalue weighted by Crippen LogP contribution is 2.66. The van der Waals surface area contributed by atoms with Gasteiger partial charge in [0, 0.05) is 0 Å². The fourth-order valence-electron chi connectivity index (χ4n) is 2.32. The predicted molar refractivity (Wildman–Crippen MR) is 86.5 cm³/mol. The highest BCUT2D eigenvalue weighted by molar-refractivity contribution is 5.84. The molecule has 0 spiro atoms. The van der Waals surface area contributed by atoms with E-state index in [0.717, 1.165) is 5.32 Å². The average molecular weight is 649 g/mol. The maximum Gasteiger partial charge on any atom is 0.460 e. The number of quaternary nitrogens is 1. The van der Waals surface area contributed by atoms with Gasteiger partial charge in [0.15, 0.2) is 0 Å². The molecule has 0 unspecified atom stereocenters. The van der Waals surface area contributed by atoms with Crippen LogP contribution in [0, 0.1) is 0 Å². The zero-order valence-corrected chi connectivity index (χ0v) is 19.2.